The van der Waals surface area contributed by atoms with E-state index in [4.69, 9.17) is 9.47 Å². The largest absolute Gasteiger partial charge is 0.375 e. The third-order valence-electron chi connectivity index (χ3n) is 3.72. The van der Waals surface area contributed by atoms with E-state index in [1.807, 2.05) is 0 Å². The smallest absolute Gasteiger partial charge is 0.0962 e. The Morgan fingerprint density at radius 1 is 1.19 bits per heavy atom. The molecule has 2 aliphatic carbocycles. The monoisotopic (exact) mass is 290 g/mol. The third-order valence-corrected chi connectivity index (χ3v) is 4.61. The molecule has 0 aromatic carbocycles. The molecule has 0 aromatic rings. The zero-order chi connectivity index (χ0) is 11.4. The van der Waals surface area contributed by atoms with Crippen molar-refractivity contribution in [3.05, 3.63) is 0 Å². The molecule has 2 nitrogen and oxygen atoms in total. The van der Waals surface area contributed by atoms with Crippen LogP contribution in [-0.2, 0) is 9.47 Å². The average Bonchev–Trinajstić information content (AvgIpc) is 2.77. The molecule has 0 N–H and O–H groups in total. The van der Waals surface area contributed by atoms with E-state index in [9.17, 15) is 0 Å². The molecule has 0 radical (unpaired) electrons. The van der Waals surface area contributed by atoms with Crippen LogP contribution in [-0.4, -0.2) is 30.2 Å². The quantitative estimate of drug-likeness (QED) is 0.697. The first-order chi connectivity index (χ1) is 7.81. The van der Waals surface area contributed by atoms with Gasteiger partial charge in [0.25, 0.3) is 0 Å². The summed E-state index contributed by atoms with van der Waals surface area (Å²) in [4.78, 5) is 0.507. The molecule has 16 heavy (non-hydrogen) atoms. The van der Waals surface area contributed by atoms with Crippen LogP contribution in [0.2, 0.25) is 0 Å². The summed E-state index contributed by atoms with van der Waals surface area (Å²) in [6.07, 6.45) is 8.37. The molecule has 0 amide bonds. The third kappa shape index (κ3) is 3.21. The molecular formula is C13H23BrO2. The van der Waals surface area contributed by atoms with Crippen LogP contribution in [0.5, 0.6) is 0 Å². The molecule has 2 aliphatic rings. The van der Waals surface area contributed by atoms with Gasteiger partial charge in [-0.1, -0.05) is 35.7 Å². The van der Waals surface area contributed by atoms with E-state index in [1.165, 1.54) is 25.7 Å². The first kappa shape index (κ1) is 12.8. The predicted molar refractivity (Wildman–Crippen MR) is 69.1 cm³/mol. The number of rotatable bonds is 6. The maximum atomic E-state index is 5.99. The molecule has 0 spiro atoms. The molecule has 0 aliphatic heterocycles. The highest BCUT2D eigenvalue weighted by Crippen LogP contribution is 2.34. The summed E-state index contributed by atoms with van der Waals surface area (Å²) >= 11 is 3.65. The summed E-state index contributed by atoms with van der Waals surface area (Å²) in [5.41, 5.74) is 0. The van der Waals surface area contributed by atoms with E-state index in [0.717, 1.165) is 32.0 Å². The lowest BCUT2D eigenvalue weighted by Gasteiger charge is -2.41. The maximum Gasteiger partial charge on any atom is 0.0962 e. The lowest BCUT2D eigenvalue weighted by molar-refractivity contribution is -0.127. The minimum absolute atomic E-state index is 0.293. The predicted octanol–water partition coefficient (Wildman–Crippen LogP) is 3.52. The van der Waals surface area contributed by atoms with Gasteiger partial charge in [0.2, 0.25) is 0 Å². The number of hydrogen-bond acceptors (Lipinski definition) is 2. The van der Waals surface area contributed by atoms with Gasteiger partial charge in [-0.05, 0) is 31.6 Å². The molecule has 3 atom stereocenters. The van der Waals surface area contributed by atoms with Crippen LogP contribution < -0.4 is 0 Å². The minimum Gasteiger partial charge on any atom is -0.375 e. The second-order valence-corrected chi connectivity index (χ2v) is 6.29. The molecule has 2 rings (SSSR count). The Morgan fingerprint density at radius 3 is 2.56 bits per heavy atom. The second kappa shape index (κ2) is 6.36. The zero-order valence-corrected chi connectivity index (χ0v) is 11.7. The molecule has 0 bridgehead atoms. The Labute approximate surface area is 107 Å². The summed E-state index contributed by atoms with van der Waals surface area (Å²) < 4.78 is 11.8. The van der Waals surface area contributed by atoms with Crippen molar-refractivity contribution in [2.45, 2.75) is 62.5 Å². The molecule has 2 saturated carbocycles. The van der Waals surface area contributed by atoms with Crippen LogP contribution >= 0.6 is 15.9 Å². The van der Waals surface area contributed by atoms with Crippen LogP contribution in [0.15, 0.2) is 0 Å². The topological polar surface area (TPSA) is 18.5 Å². The first-order valence-corrected chi connectivity index (χ1v) is 7.60. The van der Waals surface area contributed by atoms with Gasteiger partial charge < -0.3 is 9.47 Å². The van der Waals surface area contributed by atoms with Gasteiger partial charge in [-0.2, -0.15) is 0 Å². The maximum absolute atomic E-state index is 5.99. The van der Waals surface area contributed by atoms with Crippen LogP contribution in [0, 0.1) is 5.92 Å². The molecule has 3 heteroatoms. The Kier molecular flexibility index (Phi) is 5.11. The van der Waals surface area contributed by atoms with Crippen molar-refractivity contribution in [1.29, 1.82) is 0 Å². The molecule has 0 aromatic heterocycles. The molecule has 2 fully saturated rings. The Balaban J connectivity index is 1.64. The number of ether oxygens (including phenoxy) is 2. The minimum atomic E-state index is 0.293. The van der Waals surface area contributed by atoms with Gasteiger partial charge in [-0.25, -0.2) is 0 Å². The Hall–Kier alpha value is 0.400. The molecule has 94 valence electrons. The molecule has 0 heterocycles. The van der Waals surface area contributed by atoms with Crippen LogP contribution in [0.4, 0.5) is 0 Å². The lowest BCUT2D eigenvalue weighted by Crippen LogP contribution is -2.51. The van der Waals surface area contributed by atoms with Crippen LogP contribution in [0.3, 0.4) is 0 Å². The van der Waals surface area contributed by atoms with E-state index in [0.29, 0.717) is 17.0 Å². The summed E-state index contributed by atoms with van der Waals surface area (Å²) in [5.74, 6) is 0.821. The lowest BCUT2D eigenvalue weighted by atomic mass is 9.91. The Morgan fingerprint density at radius 2 is 1.94 bits per heavy atom. The van der Waals surface area contributed by atoms with Gasteiger partial charge >= 0.3 is 0 Å². The van der Waals surface area contributed by atoms with Crippen molar-refractivity contribution in [2.75, 3.05) is 13.2 Å². The van der Waals surface area contributed by atoms with Crippen molar-refractivity contribution in [1.82, 2.24) is 0 Å². The summed E-state index contributed by atoms with van der Waals surface area (Å²) in [6.45, 7) is 3.96. The van der Waals surface area contributed by atoms with Crippen molar-refractivity contribution in [3.63, 3.8) is 0 Å². The molecule has 0 saturated heterocycles. The number of halogens is 1. The van der Waals surface area contributed by atoms with Crippen molar-refractivity contribution < 1.29 is 9.47 Å². The SMILES string of the molecule is CCCOC1C(Br)CC1OCC1CCCC1. The van der Waals surface area contributed by atoms with Crippen LogP contribution in [0.25, 0.3) is 0 Å². The number of hydrogen-bond donors (Lipinski definition) is 0. The molecule has 3 unspecified atom stereocenters. The fourth-order valence-electron chi connectivity index (χ4n) is 2.59. The fourth-order valence-corrected chi connectivity index (χ4v) is 3.45. The van der Waals surface area contributed by atoms with Gasteiger partial charge in [0.1, 0.15) is 0 Å². The van der Waals surface area contributed by atoms with E-state index >= 15 is 0 Å². The van der Waals surface area contributed by atoms with Crippen molar-refractivity contribution in [2.24, 2.45) is 5.92 Å². The highest BCUT2D eigenvalue weighted by atomic mass is 79.9. The number of alkyl halides is 1. The summed E-state index contributed by atoms with van der Waals surface area (Å²) in [7, 11) is 0. The van der Waals surface area contributed by atoms with Gasteiger partial charge in [0.15, 0.2) is 0 Å². The highest BCUT2D eigenvalue weighted by molar-refractivity contribution is 9.09. The zero-order valence-electron chi connectivity index (χ0n) is 10.2. The van der Waals surface area contributed by atoms with E-state index < -0.39 is 0 Å². The van der Waals surface area contributed by atoms with Crippen molar-refractivity contribution >= 4 is 15.9 Å². The van der Waals surface area contributed by atoms with E-state index in [1.54, 1.807) is 0 Å². The summed E-state index contributed by atoms with van der Waals surface area (Å²) in [6, 6.07) is 0. The summed E-state index contributed by atoms with van der Waals surface area (Å²) in [5, 5.41) is 0. The van der Waals surface area contributed by atoms with Gasteiger partial charge in [0.05, 0.1) is 12.2 Å². The van der Waals surface area contributed by atoms with Crippen molar-refractivity contribution in [3.8, 4) is 0 Å². The Bertz CT molecular complexity index is 204. The second-order valence-electron chi connectivity index (χ2n) is 5.11. The van der Waals surface area contributed by atoms with Gasteiger partial charge in [-0.3, -0.25) is 0 Å². The first-order valence-electron chi connectivity index (χ1n) is 6.68. The van der Waals surface area contributed by atoms with E-state index in [2.05, 4.69) is 22.9 Å². The average molecular weight is 291 g/mol. The van der Waals surface area contributed by atoms with Gasteiger partial charge in [0, 0.05) is 18.0 Å². The van der Waals surface area contributed by atoms with E-state index in [-0.39, 0.29) is 0 Å². The van der Waals surface area contributed by atoms with Gasteiger partial charge in [-0.15, -0.1) is 0 Å². The standard InChI is InChI=1S/C13H23BrO2/c1-2-7-15-13-11(14)8-12(13)16-9-10-5-3-4-6-10/h10-13H,2-9H2,1H3. The highest BCUT2D eigenvalue weighted by Gasteiger charge is 2.41. The van der Waals surface area contributed by atoms with Crippen LogP contribution in [0.1, 0.15) is 45.4 Å². The fraction of sp³-hybridized carbons (Fsp3) is 1.00. The normalized spacial score (nSPS) is 35.2. The molecular weight excluding hydrogens is 268 g/mol.